The number of amides is 1. The predicted molar refractivity (Wildman–Crippen MR) is 99.8 cm³/mol. The Labute approximate surface area is 153 Å². The van der Waals surface area contributed by atoms with Gasteiger partial charge in [-0.2, -0.15) is 0 Å². The molecular formula is C18H25N5O3. The van der Waals surface area contributed by atoms with E-state index >= 15 is 0 Å². The van der Waals surface area contributed by atoms with Gasteiger partial charge in [-0.15, -0.1) is 0 Å². The Morgan fingerprint density at radius 3 is 2.62 bits per heavy atom. The van der Waals surface area contributed by atoms with E-state index < -0.39 is 0 Å². The quantitative estimate of drug-likeness (QED) is 0.699. The Hall–Kier alpha value is -2.87. The minimum atomic E-state index is -0.266. The Bertz CT molecular complexity index is 737. The van der Waals surface area contributed by atoms with E-state index in [1.165, 1.54) is 0 Å². The van der Waals surface area contributed by atoms with Crippen molar-refractivity contribution in [3.8, 4) is 11.5 Å². The topological polar surface area (TPSA) is 88.6 Å². The molecule has 0 aliphatic carbocycles. The first-order valence-electron chi connectivity index (χ1n) is 8.24. The number of aromatic nitrogens is 2. The van der Waals surface area contributed by atoms with Crippen LogP contribution in [0, 0.1) is 0 Å². The fourth-order valence-electron chi connectivity index (χ4n) is 2.23. The Morgan fingerprint density at radius 2 is 1.92 bits per heavy atom. The van der Waals surface area contributed by atoms with Crippen molar-refractivity contribution in [1.29, 1.82) is 0 Å². The molecule has 0 bridgehead atoms. The van der Waals surface area contributed by atoms with Crippen molar-refractivity contribution >= 4 is 11.9 Å². The average molecular weight is 359 g/mol. The summed E-state index contributed by atoms with van der Waals surface area (Å²) in [6.45, 7) is 1.90. The predicted octanol–water partition coefficient (Wildman–Crippen LogP) is 1.40. The zero-order chi connectivity index (χ0) is 18.9. The minimum absolute atomic E-state index is 0.266. The summed E-state index contributed by atoms with van der Waals surface area (Å²) < 4.78 is 10.5. The van der Waals surface area contributed by atoms with Crippen molar-refractivity contribution in [2.45, 2.75) is 6.54 Å². The number of nitrogens with zero attached hydrogens (tertiary/aromatic N) is 3. The van der Waals surface area contributed by atoms with E-state index in [-0.39, 0.29) is 5.91 Å². The summed E-state index contributed by atoms with van der Waals surface area (Å²) in [5.41, 5.74) is 1.21. The second-order valence-corrected chi connectivity index (χ2v) is 5.87. The van der Waals surface area contributed by atoms with Crippen molar-refractivity contribution < 1.29 is 14.3 Å². The van der Waals surface area contributed by atoms with Crippen LogP contribution in [-0.2, 0) is 6.54 Å². The van der Waals surface area contributed by atoms with E-state index in [1.807, 2.05) is 31.1 Å². The lowest BCUT2D eigenvalue weighted by atomic mass is 10.2. The highest BCUT2D eigenvalue weighted by Crippen LogP contribution is 2.27. The Morgan fingerprint density at radius 1 is 1.15 bits per heavy atom. The van der Waals surface area contributed by atoms with Gasteiger partial charge in [0.1, 0.15) is 5.69 Å². The standard InChI is InChI=1S/C18H25N5O3/c1-23(2)10-9-20-18-19-8-7-14(22-18)17(24)21-12-13-5-6-15(25-3)16(11-13)26-4/h5-8,11H,9-10,12H2,1-4H3,(H,21,24)(H,19,20,22). The van der Waals surface area contributed by atoms with E-state index in [4.69, 9.17) is 9.47 Å². The molecule has 0 aliphatic heterocycles. The van der Waals surface area contributed by atoms with Gasteiger partial charge < -0.3 is 25.0 Å². The van der Waals surface area contributed by atoms with E-state index in [9.17, 15) is 4.79 Å². The first-order valence-corrected chi connectivity index (χ1v) is 8.24. The molecule has 2 aromatic rings. The highest BCUT2D eigenvalue weighted by atomic mass is 16.5. The SMILES string of the molecule is COc1ccc(CNC(=O)c2ccnc(NCCN(C)C)n2)cc1OC. The molecule has 0 spiro atoms. The smallest absolute Gasteiger partial charge is 0.270 e. The summed E-state index contributed by atoms with van der Waals surface area (Å²) in [5, 5.41) is 5.94. The van der Waals surface area contributed by atoms with Crippen LogP contribution in [0.5, 0.6) is 11.5 Å². The number of rotatable bonds is 9. The van der Waals surface area contributed by atoms with Crippen molar-refractivity contribution in [2.24, 2.45) is 0 Å². The lowest BCUT2D eigenvalue weighted by molar-refractivity contribution is 0.0946. The molecule has 26 heavy (non-hydrogen) atoms. The van der Waals surface area contributed by atoms with E-state index in [0.29, 0.717) is 36.2 Å². The number of hydrogen-bond acceptors (Lipinski definition) is 7. The molecule has 1 heterocycles. The maximum absolute atomic E-state index is 12.3. The molecule has 8 nitrogen and oxygen atoms in total. The third-order valence-electron chi connectivity index (χ3n) is 3.63. The molecule has 0 radical (unpaired) electrons. The van der Waals surface area contributed by atoms with E-state index in [2.05, 4.69) is 20.6 Å². The second kappa shape index (κ2) is 9.57. The van der Waals surface area contributed by atoms with Gasteiger partial charge in [0.25, 0.3) is 5.91 Å². The fourth-order valence-corrected chi connectivity index (χ4v) is 2.23. The van der Waals surface area contributed by atoms with Gasteiger partial charge in [-0.1, -0.05) is 6.07 Å². The molecule has 0 fully saturated rings. The number of methoxy groups -OCH3 is 2. The Balaban J connectivity index is 1.95. The fraction of sp³-hybridized carbons (Fsp3) is 0.389. The lowest BCUT2D eigenvalue weighted by Gasteiger charge is -2.11. The molecule has 2 N–H and O–H groups in total. The Kier molecular flexibility index (Phi) is 7.16. The van der Waals surface area contributed by atoms with Crippen molar-refractivity contribution in [3.63, 3.8) is 0 Å². The van der Waals surface area contributed by atoms with Crippen molar-refractivity contribution in [2.75, 3.05) is 46.7 Å². The third-order valence-corrected chi connectivity index (χ3v) is 3.63. The zero-order valence-corrected chi connectivity index (χ0v) is 15.6. The van der Waals surface area contributed by atoms with Crippen LogP contribution in [0.1, 0.15) is 16.1 Å². The summed E-state index contributed by atoms with van der Waals surface area (Å²) in [7, 11) is 7.13. The zero-order valence-electron chi connectivity index (χ0n) is 15.6. The van der Waals surface area contributed by atoms with Gasteiger partial charge in [-0.25, -0.2) is 9.97 Å². The number of benzene rings is 1. The first-order chi connectivity index (χ1) is 12.5. The van der Waals surface area contributed by atoms with Gasteiger partial charge >= 0.3 is 0 Å². The minimum Gasteiger partial charge on any atom is -0.493 e. The number of carbonyl (C=O) groups excluding carboxylic acids is 1. The molecule has 1 aromatic carbocycles. The van der Waals surface area contributed by atoms with Crippen LogP contribution in [0.25, 0.3) is 0 Å². The molecule has 0 aliphatic rings. The summed E-state index contributed by atoms with van der Waals surface area (Å²) in [4.78, 5) is 22.8. The maximum Gasteiger partial charge on any atom is 0.270 e. The number of ether oxygens (including phenoxy) is 2. The molecule has 0 saturated carbocycles. The normalized spacial score (nSPS) is 10.5. The van der Waals surface area contributed by atoms with E-state index in [1.54, 1.807) is 32.5 Å². The van der Waals surface area contributed by atoms with Crippen LogP contribution < -0.4 is 20.1 Å². The summed E-state index contributed by atoms with van der Waals surface area (Å²) in [5.74, 6) is 1.43. The molecular weight excluding hydrogens is 334 g/mol. The highest BCUT2D eigenvalue weighted by molar-refractivity contribution is 5.92. The highest BCUT2D eigenvalue weighted by Gasteiger charge is 2.10. The van der Waals surface area contributed by atoms with Crippen LogP contribution in [-0.4, -0.2) is 62.2 Å². The molecule has 8 heteroatoms. The van der Waals surface area contributed by atoms with Gasteiger partial charge in [0.05, 0.1) is 14.2 Å². The number of carbonyl (C=O) groups is 1. The maximum atomic E-state index is 12.3. The molecule has 2 rings (SSSR count). The van der Waals surface area contributed by atoms with Crippen LogP contribution in [0.3, 0.4) is 0 Å². The van der Waals surface area contributed by atoms with Gasteiger partial charge in [-0.05, 0) is 37.9 Å². The largest absolute Gasteiger partial charge is 0.493 e. The number of anilines is 1. The molecule has 1 amide bonds. The van der Waals surface area contributed by atoms with Gasteiger partial charge in [0, 0.05) is 25.8 Å². The molecule has 0 atom stereocenters. The van der Waals surface area contributed by atoms with Gasteiger partial charge in [-0.3, -0.25) is 4.79 Å². The van der Waals surface area contributed by atoms with Crippen LogP contribution in [0.15, 0.2) is 30.5 Å². The van der Waals surface area contributed by atoms with Crippen LogP contribution >= 0.6 is 0 Å². The lowest BCUT2D eigenvalue weighted by Crippen LogP contribution is -2.25. The average Bonchev–Trinajstić information content (AvgIpc) is 2.65. The summed E-state index contributed by atoms with van der Waals surface area (Å²) in [6.07, 6.45) is 1.57. The second-order valence-electron chi connectivity index (χ2n) is 5.87. The molecule has 0 saturated heterocycles. The molecule has 0 unspecified atom stereocenters. The van der Waals surface area contributed by atoms with Crippen LogP contribution in [0.4, 0.5) is 5.95 Å². The number of nitrogens with one attached hydrogen (secondary N) is 2. The molecule has 140 valence electrons. The third kappa shape index (κ3) is 5.59. The van der Waals surface area contributed by atoms with Crippen molar-refractivity contribution in [1.82, 2.24) is 20.2 Å². The molecule has 1 aromatic heterocycles. The van der Waals surface area contributed by atoms with Gasteiger partial charge in [0.15, 0.2) is 11.5 Å². The summed E-state index contributed by atoms with van der Waals surface area (Å²) in [6, 6.07) is 7.09. The number of likely N-dealkylation sites (N-methyl/N-ethyl adjacent to an activating group) is 1. The van der Waals surface area contributed by atoms with Crippen LogP contribution in [0.2, 0.25) is 0 Å². The number of hydrogen-bond donors (Lipinski definition) is 2. The first kappa shape index (κ1) is 19.5. The monoisotopic (exact) mass is 359 g/mol. The van der Waals surface area contributed by atoms with E-state index in [0.717, 1.165) is 12.1 Å². The summed E-state index contributed by atoms with van der Waals surface area (Å²) >= 11 is 0. The van der Waals surface area contributed by atoms with Gasteiger partial charge in [0.2, 0.25) is 5.95 Å². The van der Waals surface area contributed by atoms with Crippen molar-refractivity contribution in [3.05, 3.63) is 41.7 Å².